The largest absolute Gasteiger partial charge is 0.356 e. The fourth-order valence-electron chi connectivity index (χ4n) is 2.16. The third-order valence-corrected chi connectivity index (χ3v) is 3.84. The van der Waals surface area contributed by atoms with Crippen molar-refractivity contribution in [2.24, 2.45) is 0 Å². The van der Waals surface area contributed by atoms with E-state index < -0.39 is 7.60 Å². The zero-order valence-electron chi connectivity index (χ0n) is 8.29. The van der Waals surface area contributed by atoms with Crippen molar-refractivity contribution in [1.82, 2.24) is 0 Å². The Labute approximate surface area is 92.5 Å². The lowest BCUT2D eigenvalue weighted by Crippen LogP contribution is -2.14. The third-order valence-electron chi connectivity index (χ3n) is 2.84. The van der Waals surface area contributed by atoms with Crippen LogP contribution in [0.1, 0.15) is 0 Å². The molecule has 3 nitrogen and oxygen atoms in total. The number of fused-ring (bicyclic) bond motifs is 4. The monoisotopic (exact) mass is 232 g/mol. The van der Waals surface area contributed by atoms with E-state index in [2.05, 4.69) is 0 Å². The first-order valence-electron chi connectivity index (χ1n) is 4.88. The van der Waals surface area contributed by atoms with Crippen LogP contribution >= 0.6 is 7.60 Å². The van der Waals surface area contributed by atoms with Gasteiger partial charge in [-0.2, -0.15) is 0 Å². The van der Waals surface area contributed by atoms with Crippen molar-refractivity contribution in [1.29, 1.82) is 0 Å². The molecule has 16 heavy (non-hydrogen) atoms. The van der Waals surface area contributed by atoms with Crippen LogP contribution in [0.25, 0.3) is 22.3 Å². The van der Waals surface area contributed by atoms with Gasteiger partial charge >= 0.3 is 7.60 Å². The van der Waals surface area contributed by atoms with Crippen LogP contribution < -0.4 is 5.30 Å². The molecule has 0 bridgehead atoms. The van der Waals surface area contributed by atoms with Gasteiger partial charge in [0.15, 0.2) is 0 Å². The van der Waals surface area contributed by atoms with E-state index in [1.54, 1.807) is 6.07 Å². The Morgan fingerprint density at radius 2 is 1.44 bits per heavy atom. The quantitative estimate of drug-likeness (QED) is 0.632. The Morgan fingerprint density at radius 1 is 0.812 bits per heavy atom. The van der Waals surface area contributed by atoms with Gasteiger partial charge in [-0.15, -0.1) is 0 Å². The molecule has 0 radical (unpaired) electrons. The fraction of sp³-hybridized carbons (Fsp3) is 0. The summed E-state index contributed by atoms with van der Waals surface area (Å²) >= 11 is 0. The van der Waals surface area contributed by atoms with E-state index in [0.29, 0.717) is 5.56 Å². The van der Waals surface area contributed by atoms with Crippen LogP contribution in [0, 0.1) is 0 Å². The highest BCUT2D eigenvalue weighted by molar-refractivity contribution is 7.60. The van der Waals surface area contributed by atoms with Gasteiger partial charge in [0.25, 0.3) is 0 Å². The van der Waals surface area contributed by atoms with Crippen molar-refractivity contribution < 1.29 is 14.4 Å². The van der Waals surface area contributed by atoms with Crippen LogP contribution in [-0.2, 0) is 4.57 Å². The molecule has 0 unspecified atom stereocenters. The lowest BCUT2D eigenvalue weighted by Gasteiger charge is -2.26. The molecule has 2 aromatic rings. The number of hydrogen-bond acceptors (Lipinski definition) is 1. The Bertz CT molecular complexity index is 628. The Morgan fingerprint density at radius 3 is 2.12 bits per heavy atom. The molecular weight excluding hydrogens is 223 g/mol. The van der Waals surface area contributed by atoms with Crippen LogP contribution in [0.3, 0.4) is 0 Å². The summed E-state index contributed by atoms with van der Waals surface area (Å²) in [5.74, 6) is 0. The van der Waals surface area contributed by atoms with Crippen molar-refractivity contribution in [2.45, 2.75) is 0 Å². The van der Waals surface area contributed by atoms with E-state index in [1.165, 1.54) is 6.07 Å². The van der Waals surface area contributed by atoms with Crippen LogP contribution in [0.2, 0.25) is 0 Å². The van der Waals surface area contributed by atoms with E-state index in [0.717, 1.165) is 16.7 Å². The first-order chi connectivity index (χ1) is 7.59. The number of hydrogen-bond donors (Lipinski definition) is 2. The van der Waals surface area contributed by atoms with Crippen molar-refractivity contribution in [3.05, 3.63) is 42.5 Å². The van der Waals surface area contributed by atoms with Crippen molar-refractivity contribution in [3.8, 4) is 22.3 Å². The highest BCUT2D eigenvalue weighted by Gasteiger charge is 2.31. The van der Waals surface area contributed by atoms with Crippen LogP contribution in [0.5, 0.6) is 0 Å². The molecule has 0 saturated carbocycles. The second-order valence-electron chi connectivity index (χ2n) is 3.79. The first-order valence-corrected chi connectivity index (χ1v) is 6.49. The summed E-state index contributed by atoms with van der Waals surface area (Å²) in [6.07, 6.45) is 0. The van der Waals surface area contributed by atoms with Crippen LogP contribution in [0.15, 0.2) is 42.5 Å². The molecule has 1 aliphatic rings. The first kappa shape index (κ1) is 9.79. The van der Waals surface area contributed by atoms with Gasteiger partial charge in [-0.25, -0.2) is 0 Å². The van der Waals surface area contributed by atoms with Gasteiger partial charge in [-0.05, 0) is 22.8 Å². The van der Waals surface area contributed by atoms with Gasteiger partial charge in [0.05, 0.1) is 5.30 Å². The molecule has 1 aliphatic carbocycles. The number of benzene rings is 2. The highest BCUT2D eigenvalue weighted by Crippen LogP contribution is 2.50. The smallest absolute Gasteiger partial charge is 0.321 e. The highest BCUT2D eigenvalue weighted by atomic mass is 31.2. The topological polar surface area (TPSA) is 57.5 Å². The second-order valence-corrected chi connectivity index (χ2v) is 5.36. The molecule has 0 heterocycles. The van der Waals surface area contributed by atoms with E-state index >= 15 is 0 Å². The maximum Gasteiger partial charge on any atom is 0.356 e. The Hall–Kier alpha value is -1.41. The summed E-state index contributed by atoms with van der Waals surface area (Å²) in [6, 6.07) is 12.7. The average molecular weight is 232 g/mol. The minimum Gasteiger partial charge on any atom is -0.321 e. The molecule has 80 valence electrons. The second kappa shape index (κ2) is 3.05. The molecule has 0 amide bonds. The predicted molar refractivity (Wildman–Crippen MR) is 62.6 cm³/mol. The molecular formula is C12H9O3P. The van der Waals surface area contributed by atoms with Crippen molar-refractivity contribution in [2.75, 3.05) is 0 Å². The van der Waals surface area contributed by atoms with Crippen LogP contribution in [-0.4, -0.2) is 9.79 Å². The molecule has 0 spiro atoms. The van der Waals surface area contributed by atoms with Gasteiger partial charge in [-0.1, -0.05) is 36.4 Å². The van der Waals surface area contributed by atoms with Crippen molar-refractivity contribution in [3.63, 3.8) is 0 Å². The zero-order valence-corrected chi connectivity index (χ0v) is 9.19. The normalized spacial score (nSPS) is 12.6. The standard InChI is InChI=1S/C12H9O3P/c13-16(14,15)11-7-3-6-10-8-4-1-2-5-9(8)12(10)11/h1-7H,(H2,13,14,15). The summed E-state index contributed by atoms with van der Waals surface area (Å²) in [6.45, 7) is 0. The number of rotatable bonds is 1. The summed E-state index contributed by atoms with van der Waals surface area (Å²) < 4.78 is 11.3. The molecule has 0 aromatic heterocycles. The molecule has 0 fully saturated rings. The van der Waals surface area contributed by atoms with Gasteiger partial charge in [0, 0.05) is 5.56 Å². The summed E-state index contributed by atoms with van der Waals surface area (Å²) in [5.41, 5.74) is 3.62. The molecule has 2 aromatic carbocycles. The van der Waals surface area contributed by atoms with E-state index in [9.17, 15) is 14.4 Å². The average Bonchev–Trinajstić information content (AvgIpc) is 2.23. The van der Waals surface area contributed by atoms with Gasteiger partial charge in [-0.3, -0.25) is 4.57 Å². The molecule has 3 rings (SSSR count). The fourth-order valence-corrected chi connectivity index (χ4v) is 2.98. The van der Waals surface area contributed by atoms with Crippen LogP contribution in [0.4, 0.5) is 0 Å². The minimum absolute atomic E-state index is 0.128. The maximum atomic E-state index is 11.3. The summed E-state index contributed by atoms with van der Waals surface area (Å²) in [5, 5.41) is 0.128. The Kier molecular flexibility index (Phi) is 1.86. The molecule has 4 heteroatoms. The molecule has 2 N–H and O–H groups in total. The maximum absolute atomic E-state index is 11.3. The SMILES string of the molecule is O=P(O)(O)c1cccc2c1-c1ccccc1-2. The van der Waals surface area contributed by atoms with E-state index in [4.69, 9.17) is 0 Å². The summed E-state index contributed by atoms with van der Waals surface area (Å²) in [4.78, 5) is 18.5. The lowest BCUT2D eigenvalue weighted by molar-refractivity contribution is 0.387. The zero-order chi connectivity index (χ0) is 11.3. The van der Waals surface area contributed by atoms with Gasteiger partial charge in [0.1, 0.15) is 0 Å². The predicted octanol–water partition coefficient (Wildman–Crippen LogP) is 2.14. The van der Waals surface area contributed by atoms with E-state index in [1.807, 2.05) is 30.3 Å². The molecule has 0 atom stereocenters. The van der Waals surface area contributed by atoms with Crippen molar-refractivity contribution >= 4 is 12.9 Å². The van der Waals surface area contributed by atoms with E-state index in [-0.39, 0.29) is 5.30 Å². The summed E-state index contributed by atoms with van der Waals surface area (Å²) in [7, 11) is -4.19. The minimum atomic E-state index is -4.19. The Balaban J connectivity index is 2.30. The molecule has 0 saturated heterocycles. The molecule has 0 aliphatic heterocycles. The van der Waals surface area contributed by atoms with Gasteiger partial charge in [0.2, 0.25) is 0 Å². The third kappa shape index (κ3) is 1.20. The lowest BCUT2D eigenvalue weighted by atomic mass is 9.81. The van der Waals surface area contributed by atoms with Gasteiger partial charge < -0.3 is 9.79 Å².